The number of anilines is 1. The fourth-order valence-electron chi connectivity index (χ4n) is 3.48. The average molecular weight is 339 g/mol. The van der Waals surface area contributed by atoms with E-state index in [9.17, 15) is 9.59 Å². The maximum absolute atomic E-state index is 12.0. The van der Waals surface area contributed by atoms with Crippen molar-refractivity contribution < 1.29 is 14.3 Å². The van der Waals surface area contributed by atoms with Crippen LogP contribution >= 0.6 is 0 Å². The third kappa shape index (κ3) is 5.31. The van der Waals surface area contributed by atoms with E-state index in [1.807, 2.05) is 42.5 Å². The number of fused-ring (bicyclic) bond motifs is 1. The van der Waals surface area contributed by atoms with Gasteiger partial charge in [0.25, 0.3) is 5.91 Å². The molecular formula is C21H25NO3. The second kappa shape index (κ2) is 8.65. The predicted molar refractivity (Wildman–Crippen MR) is 99.3 cm³/mol. The molecule has 2 aromatic rings. The molecule has 1 N–H and O–H groups in total. The fourth-order valence-corrected chi connectivity index (χ4v) is 3.48. The minimum atomic E-state index is -0.304. The average Bonchev–Trinajstić information content (AvgIpc) is 2.65. The van der Waals surface area contributed by atoms with Gasteiger partial charge in [-0.25, -0.2) is 0 Å². The van der Waals surface area contributed by atoms with Crippen LogP contribution in [0.5, 0.6) is 0 Å². The Labute approximate surface area is 148 Å². The zero-order chi connectivity index (χ0) is 17.5. The molecule has 0 atom stereocenters. The lowest BCUT2D eigenvalue weighted by Gasteiger charge is -2.20. The SMILES string of the molecule is O=C(COC(=O)CCC1CCCCC1)Nc1ccc2ccccc2c1. The summed E-state index contributed by atoms with van der Waals surface area (Å²) in [5.41, 5.74) is 0.710. The number of carbonyl (C=O) groups excluding carboxylic acids is 2. The van der Waals surface area contributed by atoms with Crippen molar-refractivity contribution in [2.24, 2.45) is 5.92 Å². The van der Waals surface area contributed by atoms with Crippen molar-refractivity contribution in [3.8, 4) is 0 Å². The van der Waals surface area contributed by atoms with Crippen molar-refractivity contribution in [1.82, 2.24) is 0 Å². The zero-order valence-electron chi connectivity index (χ0n) is 14.5. The first-order valence-corrected chi connectivity index (χ1v) is 9.15. The van der Waals surface area contributed by atoms with Crippen LogP contribution in [0.4, 0.5) is 5.69 Å². The van der Waals surface area contributed by atoms with Crippen molar-refractivity contribution in [2.45, 2.75) is 44.9 Å². The summed E-state index contributed by atoms with van der Waals surface area (Å²) in [6, 6.07) is 13.7. The molecular weight excluding hydrogens is 314 g/mol. The van der Waals surface area contributed by atoms with Gasteiger partial charge in [0.15, 0.2) is 6.61 Å². The molecule has 1 fully saturated rings. The molecule has 0 heterocycles. The highest BCUT2D eigenvalue weighted by Crippen LogP contribution is 2.27. The van der Waals surface area contributed by atoms with Crippen LogP contribution in [0.1, 0.15) is 44.9 Å². The van der Waals surface area contributed by atoms with Gasteiger partial charge in [0.2, 0.25) is 0 Å². The first-order chi connectivity index (χ1) is 12.2. The second-order valence-electron chi connectivity index (χ2n) is 6.81. The van der Waals surface area contributed by atoms with Gasteiger partial charge < -0.3 is 10.1 Å². The second-order valence-corrected chi connectivity index (χ2v) is 6.81. The Hall–Kier alpha value is -2.36. The van der Waals surface area contributed by atoms with E-state index >= 15 is 0 Å². The summed E-state index contributed by atoms with van der Waals surface area (Å²) in [5, 5.41) is 4.96. The molecule has 1 aliphatic carbocycles. The van der Waals surface area contributed by atoms with Crippen LogP contribution in [-0.4, -0.2) is 18.5 Å². The van der Waals surface area contributed by atoms with Gasteiger partial charge in [-0.2, -0.15) is 0 Å². The van der Waals surface area contributed by atoms with Gasteiger partial charge in [0.05, 0.1) is 0 Å². The Kier molecular flexibility index (Phi) is 6.04. The quantitative estimate of drug-likeness (QED) is 0.777. The number of rotatable bonds is 6. The first kappa shape index (κ1) is 17.5. The number of amides is 1. The lowest BCUT2D eigenvalue weighted by molar-refractivity contribution is -0.147. The van der Waals surface area contributed by atoms with Crippen LogP contribution in [0.2, 0.25) is 0 Å². The van der Waals surface area contributed by atoms with Gasteiger partial charge in [-0.15, -0.1) is 0 Å². The monoisotopic (exact) mass is 339 g/mol. The summed E-state index contributed by atoms with van der Waals surface area (Å²) in [5.74, 6) is 0.0632. The van der Waals surface area contributed by atoms with E-state index < -0.39 is 0 Å². The van der Waals surface area contributed by atoms with Crippen LogP contribution < -0.4 is 5.32 Å². The molecule has 0 unspecified atom stereocenters. The molecule has 0 spiro atoms. The fraction of sp³-hybridized carbons (Fsp3) is 0.429. The highest BCUT2D eigenvalue weighted by atomic mass is 16.5. The molecule has 25 heavy (non-hydrogen) atoms. The summed E-state index contributed by atoms with van der Waals surface area (Å²) in [6.45, 7) is -0.226. The summed E-state index contributed by atoms with van der Waals surface area (Å²) in [4.78, 5) is 23.8. The molecule has 2 aromatic carbocycles. The van der Waals surface area contributed by atoms with Gasteiger partial charge in [0.1, 0.15) is 0 Å². The molecule has 4 nitrogen and oxygen atoms in total. The Balaban J connectivity index is 1.41. The molecule has 0 aliphatic heterocycles. The number of esters is 1. The number of carbonyl (C=O) groups is 2. The molecule has 0 radical (unpaired) electrons. The molecule has 0 bridgehead atoms. The summed E-state index contributed by atoms with van der Waals surface area (Å²) >= 11 is 0. The smallest absolute Gasteiger partial charge is 0.306 e. The molecule has 0 aromatic heterocycles. The van der Waals surface area contributed by atoms with Crippen molar-refractivity contribution in [1.29, 1.82) is 0 Å². The lowest BCUT2D eigenvalue weighted by Crippen LogP contribution is -2.21. The molecule has 1 saturated carbocycles. The van der Waals surface area contributed by atoms with Gasteiger partial charge in [-0.05, 0) is 35.2 Å². The molecule has 132 valence electrons. The van der Waals surface area contributed by atoms with Crippen molar-refractivity contribution in [3.05, 3.63) is 42.5 Å². The number of benzene rings is 2. The Morgan fingerprint density at radius 1 is 1.00 bits per heavy atom. The van der Waals surface area contributed by atoms with Crippen molar-refractivity contribution in [2.75, 3.05) is 11.9 Å². The molecule has 3 rings (SSSR count). The zero-order valence-corrected chi connectivity index (χ0v) is 14.5. The standard InChI is InChI=1S/C21H25NO3/c23-20(15-25-21(24)13-10-16-6-2-1-3-7-16)22-19-12-11-17-8-4-5-9-18(17)14-19/h4-5,8-9,11-12,14,16H,1-3,6-7,10,13,15H2,(H,22,23). The van der Waals surface area contributed by atoms with Crippen LogP contribution in [0, 0.1) is 5.92 Å². The highest BCUT2D eigenvalue weighted by molar-refractivity contribution is 5.95. The highest BCUT2D eigenvalue weighted by Gasteiger charge is 2.16. The third-order valence-electron chi connectivity index (χ3n) is 4.88. The van der Waals surface area contributed by atoms with Gasteiger partial charge in [-0.3, -0.25) is 9.59 Å². The van der Waals surface area contributed by atoms with E-state index in [-0.39, 0.29) is 18.5 Å². The number of hydrogen-bond donors (Lipinski definition) is 1. The van der Waals surface area contributed by atoms with Gasteiger partial charge in [-0.1, -0.05) is 62.4 Å². The van der Waals surface area contributed by atoms with Crippen LogP contribution in [0.25, 0.3) is 10.8 Å². The molecule has 1 aliphatic rings. The summed E-state index contributed by atoms with van der Waals surface area (Å²) in [6.07, 6.45) is 7.59. The molecule has 1 amide bonds. The van der Waals surface area contributed by atoms with Crippen LogP contribution in [-0.2, 0) is 14.3 Å². The van der Waals surface area contributed by atoms with Gasteiger partial charge in [0, 0.05) is 12.1 Å². The Bertz CT molecular complexity index is 735. The molecule has 0 saturated heterocycles. The third-order valence-corrected chi connectivity index (χ3v) is 4.88. The topological polar surface area (TPSA) is 55.4 Å². The largest absolute Gasteiger partial charge is 0.456 e. The number of ether oxygens (including phenoxy) is 1. The number of hydrogen-bond acceptors (Lipinski definition) is 3. The van der Waals surface area contributed by atoms with E-state index in [4.69, 9.17) is 4.74 Å². The summed E-state index contributed by atoms with van der Waals surface area (Å²) in [7, 11) is 0. The van der Waals surface area contributed by atoms with Crippen molar-refractivity contribution >= 4 is 28.3 Å². The van der Waals surface area contributed by atoms with Crippen LogP contribution in [0.15, 0.2) is 42.5 Å². The minimum absolute atomic E-state index is 0.226. The van der Waals surface area contributed by atoms with E-state index in [0.29, 0.717) is 18.0 Å². The van der Waals surface area contributed by atoms with E-state index in [1.54, 1.807) is 0 Å². The van der Waals surface area contributed by atoms with E-state index in [0.717, 1.165) is 17.2 Å². The maximum Gasteiger partial charge on any atom is 0.306 e. The molecule has 4 heteroatoms. The number of nitrogens with one attached hydrogen (secondary N) is 1. The van der Waals surface area contributed by atoms with Crippen LogP contribution in [0.3, 0.4) is 0 Å². The lowest BCUT2D eigenvalue weighted by atomic mass is 9.86. The first-order valence-electron chi connectivity index (χ1n) is 9.15. The minimum Gasteiger partial charge on any atom is -0.456 e. The summed E-state index contributed by atoms with van der Waals surface area (Å²) < 4.78 is 5.10. The maximum atomic E-state index is 12.0. The normalized spacial score (nSPS) is 15.0. The van der Waals surface area contributed by atoms with Crippen molar-refractivity contribution in [3.63, 3.8) is 0 Å². The van der Waals surface area contributed by atoms with E-state index in [1.165, 1.54) is 32.1 Å². The Morgan fingerprint density at radius 2 is 1.76 bits per heavy atom. The van der Waals surface area contributed by atoms with Gasteiger partial charge >= 0.3 is 5.97 Å². The van der Waals surface area contributed by atoms with E-state index in [2.05, 4.69) is 5.32 Å². The predicted octanol–water partition coefficient (Wildman–Crippen LogP) is 4.68. The Morgan fingerprint density at radius 3 is 2.56 bits per heavy atom.